The van der Waals surface area contributed by atoms with Crippen LogP contribution >= 0.6 is 11.8 Å². The number of amides is 1. The van der Waals surface area contributed by atoms with E-state index in [-0.39, 0.29) is 5.91 Å². The average molecular weight is 248 g/mol. The van der Waals surface area contributed by atoms with Gasteiger partial charge in [0.05, 0.1) is 12.2 Å². The second-order valence-corrected chi connectivity index (χ2v) is 5.60. The molecule has 4 heteroatoms. The maximum Gasteiger partial charge on any atom is 0.230 e. The van der Waals surface area contributed by atoms with Crippen LogP contribution in [-0.2, 0) is 4.79 Å². The van der Waals surface area contributed by atoms with Gasteiger partial charge in [-0.1, -0.05) is 36.9 Å². The summed E-state index contributed by atoms with van der Waals surface area (Å²) in [4.78, 5) is 18.0. The van der Waals surface area contributed by atoms with Crippen LogP contribution in [-0.4, -0.2) is 22.9 Å². The second kappa shape index (κ2) is 4.92. The number of thioether (sulfide) groups is 1. The third kappa shape index (κ3) is 2.52. The van der Waals surface area contributed by atoms with Crippen molar-refractivity contribution >= 4 is 28.5 Å². The Labute approximate surface area is 106 Å². The molecule has 1 aromatic carbocycles. The highest BCUT2D eigenvalue weighted by atomic mass is 32.2. The Bertz CT molecular complexity index is 470. The summed E-state index contributed by atoms with van der Waals surface area (Å²) in [7, 11) is 0. The van der Waals surface area contributed by atoms with Crippen LogP contribution in [0.2, 0.25) is 0 Å². The van der Waals surface area contributed by atoms with E-state index in [9.17, 15) is 4.79 Å². The van der Waals surface area contributed by atoms with Crippen molar-refractivity contribution < 1.29 is 4.79 Å². The molecule has 0 aliphatic carbocycles. The summed E-state index contributed by atoms with van der Waals surface area (Å²) in [6.45, 7) is 6.50. The van der Waals surface area contributed by atoms with Crippen molar-refractivity contribution in [1.82, 2.24) is 0 Å². The molecule has 0 unspecified atom stereocenters. The lowest BCUT2D eigenvalue weighted by molar-refractivity contribution is -0.115. The van der Waals surface area contributed by atoms with Crippen LogP contribution in [0.3, 0.4) is 0 Å². The number of carbonyl (C=O) groups excluding carboxylic acids is 1. The Hall–Kier alpha value is -1.29. The summed E-state index contributed by atoms with van der Waals surface area (Å²) in [6, 6.07) is 7.89. The highest BCUT2D eigenvalue weighted by Crippen LogP contribution is 2.29. The molecule has 0 aromatic heterocycles. The van der Waals surface area contributed by atoms with Crippen LogP contribution < -0.4 is 4.90 Å². The van der Waals surface area contributed by atoms with E-state index in [1.54, 1.807) is 23.6 Å². The summed E-state index contributed by atoms with van der Waals surface area (Å²) in [5.41, 5.74) is 2.02. The normalized spacial score (nSPS) is 19.0. The maximum absolute atomic E-state index is 11.8. The molecule has 3 nitrogen and oxygen atoms in total. The molecule has 0 fully saturated rings. The fourth-order valence-electron chi connectivity index (χ4n) is 1.81. The number of carbonyl (C=O) groups is 1. The van der Waals surface area contributed by atoms with Crippen LogP contribution in [0.15, 0.2) is 29.3 Å². The quantitative estimate of drug-likeness (QED) is 0.765. The van der Waals surface area contributed by atoms with Gasteiger partial charge in [0.15, 0.2) is 5.17 Å². The Kier molecular flexibility index (Phi) is 3.52. The minimum atomic E-state index is 0.0136. The fourth-order valence-corrected chi connectivity index (χ4v) is 2.80. The van der Waals surface area contributed by atoms with Gasteiger partial charge in [-0.2, -0.15) is 0 Å². The lowest BCUT2D eigenvalue weighted by Gasteiger charge is -2.22. The number of rotatable bonds is 1. The van der Waals surface area contributed by atoms with E-state index >= 15 is 0 Å². The van der Waals surface area contributed by atoms with Gasteiger partial charge in [0.1, 0.15) is 0 Å². The first-order valence-corrected chi connectivity index (χ1v) is 6.55. The molecule has 2 rings (SSSR count). The van der Waals surface area contributed by atoms with Gasteiger partial charge in [0.25, 0.3) is 0 Å². The van der Waals surface area contributed by atoms with Crippen LogP contribution in [0, 0.1) is 6.92 Å². The third-order valence-electron chi connectivity index (χ3n) is 2.65. The molecule has 0 bridgehead atoms. The monoisotopic (exact) mass is 248 g/mol. The minimum absolute atomic E-state index is 0.0136. The van der Waals surface area contributed by atoms with Gasteiger partial charge < -0.3 is 0 Å². The summed E-state index contributed by atoms with van der Waals surface area (Å²) < 4.78 is 0. The predicted octanol–water partition coefficient (Wildman–Crippen LogP) is 2.84. The standard InChI is InChI=1S/C13H16N2OS/c1-9-6-4-5-7-12(9)15(11(3)16)13-14-8-10(2)17-13/h4-7,10H,8H2,1-3H3/t10-/m0/s1. The van der Waals surface area contributed by atoms with Crippen molar-refractivity contribution in [3.63, 3.8) is 0 Å². The van der Waals surface area contributed by atoms with Gasteiger partial charge in [0.2, 0.25) is 5.91 Å². The summed E-state index contributed by atoms with van der Waals surface area (Å²) in [5, 5.41) is 1.27. The molecule has 0 saturated heterocycles. The van der Waals surface area contributed by atoms with E-state index in [1.165, 1.54) is 0 Å². The molecule has 1 atom stereocenters. The molecule has 0 spiro atoms. The molecule has 1 aliphatic rings. The van der Waals surface area contributed by atoms with Gasteiger partial charge in [0, 0.05) is 12.2 Å². The summed E-state index contributed by atoms with van der Waals surface area (Å²) in [5.74, 6) is 0.0136. The number of hydrogen-bond donors (Lipinski definition) is 0. The zero-order valence-corrected chi connectivity index (χ0v) is 11.1. The zero-order chi connectivity index (χ0) is 12.4. The van der Waals surface area contributed by atoms with Crippen molar-refractivity contribution in [3.8, 4) is 0 Å². The molecule has 1 amide bonds. The number of hydrogen-bond acceptors (Lipinski definition) is 3. The topological polar surface area (TPSA) is 32.7 Å². The molecule has 0 N–H and O–H groups in total. The molecule has 1 aliphatic heterocycles. The Balaban J connectivity index is 2.37. The summed E-state index contributed by atoms with van der Waals surface area (Å²) >= 11 is 1.66. The smallest absolute Gasteiger partial charge is 0.230 e. The maximum atomic E-state index is 11.8. The number of para-hydroxylation sites is 1. The number of aliphatic imine (C=N–C) groups is 1. The van der Waals surface area contributed by atoms with Gasteiger partial charge in [-0.25, -0.2) is 0 Å². The Morgan fingerprint density at radius 2 is 2.18 bits per heavy atom. The fraction of sp³-hybridized carbons (Fsp3) is 0.385. The van der Waals surface area contributed by atoms with Crippen LogP contribution in [0.4, 0.5) is 5.69 Å². The highest BCUT2D eigenvalue weighted by molar-refractivity contribution is 8.15. The van der Waals surface area contributed by atoms with Crippen molar-refractivity contribution in [2.24, 2.45) is 4.99 Å². The highest BCUT2D eigenvalue weighted by Gasteiger charge is 2.25. The largest absolute Gasteiger partial charge is 0.274 e. The number of aryl methyl sites for hydroxylation is 1. The van der Waals surface area contributed by atoms with E-state index in [0.717, 1.165) is 23.0 Å². The van der Waals surface area contributed by atoms with Gasteiger partial charge in [-0.15, -0.1) is 0 Å². The lowest BCUT2D eigenvalue weighted by Crippen LogP contribution is -2.33. The van der Waals surface area contributed by atoms with Gasteiger partial charge in [-0.3, -0.25) is 14.7 Å². The SMILES string of the molecule is CC(=O)N(C1=NC[C@H](C)S1)c1ccccc1C. The average Bonchev–Trinajstić information content (AvgIpc) is 2.68. The zero-order valence-electron chi connectivity index (χ0n) is 10.3. The van der Waals surface area contributed by atoms with E-state index in [2.05, 4.69) is 11.9 Å². The second-order valence-electron chi connectivity index (χ2n) is 4.19. The summed E-state index contributed by atoms with van der Waals surface area (Å²) in [6.07, 6.45) is 0. The van der Waals surface area contributed by atoms with Crippen molar-refractivity contribution in [2.45, 2.75) is 26.0 Å². The lowest BCUT2D eigenvalue weighted by atomic mass is 10.2. The Morgan fingerprint density at radius 1 is 1.47 bits per heavy atom. The molecule has 0 radical (unpaired) electrons. The minimum Gasteiger partial charge on any atom is -0.274 e. The first kappa shape index (κ1) is 12.2. The molecule has 17 heavy (non-hydrogen) atoms. The van der Waals surface area contributed by atoms with Crippen LogP contribution in [0.1, 0.15) is 19.4 Å². The van der Waals surface area contributed by atoms with Crippen molar-refractivity contribution in [2.75, 3.05) is 11.4 Å². The Morgan fingerprint density at radius 3 is 2.71 bits per heavy atom. The molecular formula is C13H16N2OS. The first-order valence-electron chi connectivity index (χ1n) is 5.67. The molecule has 90 valence electrons. The molecule has 1 heterocycles. The molecular weight excluding hydrogens is 232 g/mol. The van der Waals surface area contributed by atoms with E-state index in [0.29, 0.717) is 5.25 Å². The molecule has 1 aromatic rings. The van der Waals surface area contributed by atoms with Gasteiger partial charge in [-0.05, 0) is 18.6 Å². The van der Waals surface area contributed by atoms with Gasteiger partial charge >= 0.3 is 0 Å². The number of nitrogens with zero attached hydrogens (tertiary/aromatic N) is 2. The number of amidine groups is 1. The van der Waals surface area contributed by atoms with E-state index in [4.69, 9.17) is 0 Å². The number of benzene rings is 1. The van der Waals surface area contributed by atoms with Crippen molar-refractivity contribution in [1.29, 1.82) is 0 Å². The van der Waals surface area contributed by atoms with Crippen LogP contribution in [0.25, 0.3) is 0 Å². The first-order chi connectivity index (χ1) is 8.09. The van der Waals surface area contributed by atoms with E-state index < -0.39 is 0 Å². The third-order valence-corrected chi connectivity index (χ3v) is 3.73. The predicted molar refractivity (Wildman–Crippen MR) is 73.7 cm³/mol. The van der Waals surface area contributed by atoms with Crippen LogP contribution in [0.5, 0.6) is 0 Å². The number of anilines is 1. The van der Waals surface area contributed by atoms with E-state index in [1.807, 2.05) is 31.2 Å². The van der Waals surface area contributed by atoms with Crippen molar-refractivity contribution in [3.05, 3.63) is 29.8 Å². The molecule has 0 saturated carbocycles.